The summed E-state index contributed by atoms with van der Waals surface area (Å²) in [6.07, 6.45) is 6.26. The number of fused-ring (bicyclic) bond motifs is 1. The average Bonchev–Trinajstić information content (AvgIpc) is 3.06. The standard InChI is InChI=1S/C24H34N4O3S/c1-5-6-13-31-17-21(14-18(2)3)27-32(29,30)22-9-7-20(8-10-22)16-28-19(4)26-23-15-25-12-11-24(23)28/h7-12,15,18,21,27H,5-6,13-14,16-17H2,1-4H3. The number of imidazole rings is 1. The number of sulfonamides is 1. The van der Waals surface area contributed by atoms with E-state index in [9.17, 15) is 8.42 Å². The maximum atomic E-state index is 13.0. The van der Waals surface area contributed by atoms with Crippen LogP contribution in [0.2, 0.25) is 0 Å². The lowest BCUT2D eigenvalue weighted by Gasteiger charge is -2.21. The monoisotopic (exact) mass is 458 g/mol. The van der Waals surface area contributed by atoms with Gasteiger partial charge in [-0.25, -0.2) is 18.1 Å². The number of aromatic nitrogens is 3. The minimum atomic E-state index is -3.63. The average molecular weight is 459 g/mol. The van der Waals surface area contributed by atoms with Crippen LogP contribution in [0.5, 0.6) is 0 Å². The fraction of sp³-hybridized carbons (Fsp3) is 0.500. The number of aryl methyl sites for hydroxylation is 1. The van der Waals surface area contributed by atoms with Gasteiger partial charge in [-0.15, -0.1) is 0 Å². The predicted octanol–water partition coefficient (Wildman–Crippen LogP) is 4.30. The second-order valence-corrected chi connectivity index (χ2v) is 10.3. The van der Waals surface area contributed by atoms with E-state index in [1.165, 1.54) is 0 Å². The molecule has 32 heavy (non-hydrogen) atoms. The molecule has 3 aromatic rings. The molecule has 0 bridgehead atoms. The first kappa shape index (κ1) is 24.4. The van der Waals surface area contributed by atoms with Gasteiger partial charge in [0.15, 0.2) is 0 Å². The molecule has 1 N–H and O–H groups in total. The number of nitrogens with zero attached hydrogens (tertiary/aromatic N) is 3. The lowest BCUT2D eigenvalue weighted by Crippen LogP contribution is -2.39. The van der Waals surface area contributed by atoms with Crippen LogP contribution in [0.3, 0.4) is 0 Å². The molecular formula is C24H34N4O3S. The number of rotatable bonds is 12. The van der Waals surface area contributed by atoms with Gasteiger partial charge in [-0.3, -0.25) is 4.98 Å². The van der Waals surface area contributed by atoms with Crippen molar-refractivity contribution in [3.05, 3.63) is 54.1 Å². The van der Waals surface area contributed by atoms with Crippen LogP contribution in [0.25, 0.3) is 11.0 Å². The van der Waals surface area contributed by atoms with Crippen molar-refractivity contribution in [1.82, 2.24) is 19.3 Å². The summed E-state index contributed by atoms with van der Waals surface area (Å²) in [7, 11) is -3.63. The van der Waals surface area contributed by atoms with Crippen LogP contribution in [0, 0.1) is 12.8 Å². The van der Waals surface area contributed by atoms with Crippen molar-refractivity contribution in [2.45, 2.75) is 64.4 Å². The number of hydrogen-bond acceptors (Lipinski definition) is 5. The van der Waals surface area contributed by atoms with Crippen molar-refractivity contribution < 1.29 is 13.2 Å². The van der Waals surface area contributed by atoms with E-state index in [0.717, 1.165) is 41.7 Å². The largest absolute Gasteiger partial charge is 0.380 e. The van der Waals surface area contributed by atoms with Gasteiger partial charge in [0.2, 0.25) is 10.0 Å². The number of benzene rings is 1. The van der Waals surface area contributed by atoms with Crippen LogP contribution in [-0.2, 0) is 21.3 Å². The van der Waals surface area contributed by atoms with Crippen molar-refractivity contribution >= 4 is 21.1 Å². The van der Waals surface area contributed by atoms with E-state index in [4.69, 9.17) is 4.74 Å². The van der Waals surface area contributed by atoms with Gasteiger partial charge in [0, 0.05) is 25.4 Å². The zero-order chi connectivity index (χ0) is 23.1. The van der Waals surface area contributed by atoms with Crippen molar-refractivity contribution in [1.29, 1.82) is 0 Å². The Bertz CT molecular complexity index is 1110. The first-order valence-electron chi connectivity index (χ1n) is 11.3. The number of nitrogens with one attached hydrogen (secondary N) is 1. The van der Waals surface area contributed by atoms with Crippen LogP contribution in [0.15, 0.2) is 47.6 Å². The highest BCUT2D eigenvalue weighted by atomic mass is 32.2. The van der Waals surface area contributed by atoms with Gasteiger partial charge in [-0.05, 0) is 49.4 Å². The van der Waals surface area contributed by atoms with Crippen LogP contribution >= 0.6 is 0 Å². The van der Waals surface area contributed by atoms with E-state index in [2.05, 4.69) is 40.0 Å². The maximum Gasteiger partial charge on any atom is 0.240 e. The Morgan fingerprint density at radius 3 is 2.59 bits per heavy atom. The summed E-state index contributed by atoms with van der Waals surface area (Å²) in [5.41, 5.74) is 2.87. The fourth-order valence-electron chi connectivity index (χ4n) is 3.74. The minimum absolute atomic E-state index is 0.245. The molecule has 0 spiro atoms. The molecule has 7 nitrogen and oxygen atoms in total. The zero-order valence-corrected chi connectivity index (χ0v) is 20.2. The summed E-state index contributed by atoms with van der Waals surface area (Å²) in [4.78, 5) is 8.93. The minimum Gasteiger partial charge on any atom is -0.380 e. The Kier molecular flexibility index (Phi) is 8.39. The molecule has 3 rings (SSSR count). The molecule has 1 aromatic carbocycles. The summed E-state index contributed by atoms with van der Waals surface area (Å²) < 4.78 is 36.6. The highest BCUT2D eigenvalue weighted by Crippen LogP contribution is 2.18. The first-order valence-corrected chi connectivity index (χ1v) is 12.7. The van der Waals surface area contributed by atoms with E-state index in [1.54, 1.807) is 24.5 Å². The molecule has 0 fully saturated rings. The van der Waals surface area contributed by atoms with E-state index < -0.39 is 10.0 Å². The molecule has 2 heterocycles. The highest BCUT2D eigenvalue weighted by molar-refractivity contribution is 7.89. The molecule has 0 aliphatic rings. The summed E-state index contributed by atoms with van der Waals surface area (Å²) in [5.74, 6) is 1.26. The van der Waals surface area contributed by atoms with Crippen molar-refractivity contribution in [2.75, 3.05) is 13.2 Å². The Balaban J connectivity index is 1.70. The lowest BCUT2D eigenvalue weighted by molar-refractivity contribution is 0.109. The van der Waals surface area contributed by atoms with Crippen LogP contribution < -0.4 is 4.72 Å². The fourth-order valence-corrected chi connectivity index (χ4v) is 4.97. The normalized spacial score (nSPS) is 13.2. The van der Waals surface area contributed by atoms with Gasteiger partial charge >= 0.3 is 0 Å². The molecule has 0 amide bonds. The highest BCUT2D eigenvalue weighted by Gasteiger charge is 2.21. The SMILES string of the molecule is CCCCOCC(CC(C)C)NS(=O)(=O)c1ccc(Cn2c(C)nc3cnccc32)cc1. The third-order valence-corrected chi connectivity index (χ3v) is 6.89. The van der Waals surface area contributed by atoms with Gasteiger partial charge in [-0.1, -0.05) is 39.3 Å². The van der Waals surface area contributed by atoms with Crippen LogP contribution in [0.1, 0.15) is 51.4 Å². The van der Waals surface area contributed by atoms with E-state index in [1.807, 2.05) is 25.1 Å². The predicted molar refractivity (Wildman–Crippen MR) is 127 cm³/mol. The van der Waals surface area contributed by atoms with Crippen LogP contribution in [-0.4, -0.2) is 42.2 Å². The third-order valence-electron chi connectivity index (χ3n) is 5.35. The first-order chi connectivity index (χ1) is 15.3. The van der Waals surface area contributed by atoms with E-state index >= 15 is 0 Å². The van der Waals surface area contributed by atoms with E-state index in [-0.39, 0.29) is 10.9 Å². The third kappa shape index (κ3) is 6.37. The smallest absolute Gasteiger partial charge is 0.240 e. The molecule has 0 saturated carbocycles. The van der Waals surface area contributed by atoms with Gasteiger partial charge in [-0.2, -0.15) is 0 Å². The molecule has 2 aromatic heterocycles. The Hall–Kier alpha value is -2.29. The van der Waals surface area contributed by atoms with Crippen molar-refractivity contribution in [3.8, 4) is 0 Å². The maximum absolute atomic E-state index is 13.0. The number of unbranched alkanes of at least 4 members (excludes halogenated alkanes) is 1. The lowest BCUT2D eigenvalue weighted by atomic mass is 10.1. The van der Waals surface area contributed by atoms with Crippen molar-refractivity contribution in [3.63, 3.8) is 0 Å². The molecule has 1 atom stereocenters. The number of ether oxygens (including phenoxy) is 1. The Labute approximate surface area is 191 Å². The second kappa shape index (κ2) is 11.0. The van der Waals surface area contributed by atoms with Gasteiger partial charge in [0.05, 0.1) is 23.2 Å². The Morgan fingerprint density at radius 1 is 1.16 bits per heavy atom. The van der Waals surface area contributed by atoms with Crippen LogP contribution in [0.4, 0.5) is 0 Å². The number of hydrogen-bond donors (Lipinski definition) is 1. The zero-order valence-electron chi connectivity index (χ0n) is 19.4. The number of pyridine rings is 1. The molecule has 0 radical (unpaired) electrons. The molecule has 0 aliphatic carbocycles. The molecule has 0 aliphatic heterocycles. The summed E-state index contributed by atoms with van der Waals surface area (Å²) in [6, 6.07) is 8.74. The van der Waals surface area contributed by atoms with Gasteiger partial charge < -0.3 is 9.30 Å². The summed E-state index contributed by atoms with van der Waals surface area (Å²) in [5, 5.41) is 0. The molecule has 1 unspecified atom stereocenters. The Morgan fingerprint density at radius 2 is 1.91 bits per heavy atom. The van der Waals surface area contributed by atoms with Gasteiger partial charge in [0.1, 0.15) is 11.3 Å². The summed E-state index contributed by atoms with van der Waals surface area (Å²) >= 11 is 0. The molecule has 8 heteroatoms. The second-order valence-electron chi connectivity index (χ2n) is 8.63. The quantitative estimate of drug-likeness (QED) is 0.409. The molecular weight excluding hydrogens is 424 g/mol. The summed E-state index contributed by atoms with van der Waals surface area (Å²) in [6.45, 7) is 9.88. The van der Waals surface area contributed by atoms with E-state index in [0.29, 0.717) is 25.7 Å². The topological polar surface area (TPSA) is 86.1 Å². The molecule has 0 saturated heterocycles. The van der Waals surface area contributed by atoms with Crippen molar-refractivity contribution in [2.24, 2.45) is 5.92 Å². The van der Waals surface area contributed by atoms with Gasteiger partial charge in [0.25, 0.3) is 0 Å². The molecule has 174 valence electrons.